The molecule has 0 amide bonds. The molecular weight excluding hydrogens is 1010 g/mol. The number of nitrogens with zero attached hydrogens (tertiary/aromatic N) is 5. The number of nitriles is 1. The van der Waals surface area contributed by atoms with E-state index in [1.165, 1.54) is 0 Å². The molecule has 0 unspecified atom stereocenters. The van der Waals surface area contributed by atoms with E-state index in [2.05, 4.69) is 310 Å². The molecule has 83 heavy (non-hydrogen) atoms. The van der Waals surface area contributed by atoms with Crippen molar-refractivity contribution in [3.63, 3.8) is 0 Å². The smallest absolute Gasteiger partial charge is 0.104 e. The highest BCUT2D eigenvalue weighted by molar-refractivity contribution is 6.16. The number of benzene rings is 12. The molecule has 4 aromatic heterocycles. The van der Waals surface area contributed by atoms with Crippen molar-refractivity contribution in [3.05, 3.63) is 289 Å². The molecule has 4 bridgehead atoms. The van der Waals surface area contributed by atoms with E-state index in [-0.39, 0.29) is 0 Å². The molecule has 0 aliphatic carbocycles. The number of rotatable bonds is 6. The average molecular weight is 1060 g/mol. The van der Waals surface area contributed by atoms with Crippen molar-refractivity contribution < 1.29 is 0 Å². The van der Waals surface area contributed by atoms with E-state index in [0.29, 0.717) is 5.56 Å². The van der Waals surface area contributed by atoms with Gasteiger partial charge in [-0.05, 0) is 130 Å². The number of aromatic nitrogens is 4. The lowest BCUT2D eigenvalue weighted by Gasteiger charge is -2.25. The zero-order valence-corrected chi connectivity index (χ0v) is 45.3. The molecule has 5 nitrogen and oxygen atoms in total. The highest BCUT2D eigenvalue weighted by atomic mass is 15.1. The minimum absolute atomic E-state index is 0.549. The summed E-state index contributed by atoms with van der Waals surface area (Å²) < 4.78 is 9.68. The number of fused-ring (bicyclic) bond motifs is 18. The standard InChI is InChI=1S/C78H49N5/c1-49-58-38-34-57-45-74-66(46-62(57)53-26-12-5-13-27-53)65-44-54(50-20-6-2-7-21-50)35-39-71(65)82(74)75-47-76(81-69-32-18-15-29-60(69)61-30-16-19-33-70(61)81)78(67(48-79)77(75)80(49)68-31-17-14-28-59(58)68)83-72-40-36-55(51-22-8-3-9-23-51)42-63(72)64-43-56(37-41-73(64)83)52-24-10-4-11-25-52/h2-47H,1H3/b38-34-. The summed E-state index contributed by atoms with van der Waals surface area (Å²) in [7, 11) is 0. The quantitative estimate of drug-likeness (QED) is 0.164. The summed E-state index contributed by atoms with van der Waals surface area (Å²) in [5.41, 5.74) is 23.5. The van der Waals surface area contributed by atoms with Crippen molar-refractivity contribution in [3.8, 4) is 73.3 Å². The van der Waals surface area contributed by atoms with Gasteiger partial charge in [0.15, 0.2) is 0 Å². The van der Waals surface area contributed by atoms with Gasteiger partial charge in [0.1, 0.15) is 11.6 Å². The van der Waals surface area contributed by atoms with E-state index in [4.69, 9.17) is 0 Å². The van der Waals surface area contributed by atoms with Crippen LogP contribution in [-0.4, -0.2) is 18.3 Å². The highest BCUT2D eigenvalue weighted by Gasteiger charge is 2.32. The van der Waals surface area contributed by atoms with Gasteiger partial charge in [-0.1, -0.05) is 206 Å². The van der Waals surface area contributed by atoms with Gasteiger partial charge in [-0.2, -0.15) is 5.26 Å². The Kier molecular flexibility index (Phi) is 10.2. The molecule has 17 rings (SSSR count). The maximum Gasteiger partial charge on any atom is 0.104 e. The molecule has 12 aromatic carbocycles. The molecule has 16 aromatic rings. The summed E-state index contributed by atoms with van der Waals surface area (Å²) in [6, 6.07) is 99.8. The van der Waals surface area contributed by atoms with Gasteiger partial charge in [-0.25, -0.2) is 0 Å². The number of para-hydroxylation sites is 3. The molecule has 386 valence electrons. The van der Waals surface area contributed by atoms with Crippen molar-refractivity contribution in [2.45, 2.75) is 6.92 Å². The topological polar surface area (TPSA) is 43.5 Å². The van der Waals surface area contributed by atoms with Crippen LogP contribution in [0.2, 0.25) is 0 Å². The van der Waals surface area contributed by atoms with Gasteiger partial charge in [0.2, 0.25) is 0 Å². The van der Waals surface area contributed by atoms with Gasteiger partial charge in [-0.15, -0.1) is 0 Å². The highest BCUT2D eigenvalue weighted by Crippen LogP contribution is 2.49. The van der Waals surface area contributed by atoms with Crippen LogP contribution in [0.4, 0.5) is 0 Å². The van der Waals surface area contributed by atoms with Crippen LogP contribution in [0.3, 0.4) is 0 Å². The summed E-state index contributed by atoms with van der Waals surface area (Å²) in [5, 5.41) is 20.7. The molecule has 1 aliphatic rings. The van der Waals surface area contributed by atoms with Crippen molar-refractivity contribution in [1.29, 1.82) is 5.26 Å². The van der Waals surface area contributed by atoms with Crippen LogP contribution in [0.5, 0.6) is 0 Å². The van der Waals surface area contributed by atoms with Gasteiger partial charge in [0, 0.05) is 49.0 Å². The molecule has 0 saturated heterocycles. The maximum absolute atomic E-state index is 12.8. The Morgan fingerprint density at radius 2 is 0.675 bits per heavy atom. The first-order valence-electron chi connectivity index (χ1n) is 28.4. The van der Waals surface area contributed by atoms with Crippen molar-refractivity contribution >= 4 is 88.5 Å². The van der Waals surface area contributed by atoms with Crippen molar-refractivity contribution in [2.75, 3.05) is 0 Å². The van der Waals surface area contributed by atoms with Gasteiger partial charge < -0.3 is 18.3 Å². The largest absolute Gasteiger partial charge is 0.310 e. The van der Waals surface area contributed by atoms with Gasteiger partial charge in [-0.3, -0.25) is 0 Å². The third-order valence-electron chi connectivity index (χ3n) is 17.6. The molecule has 1 aliphatic heterocycles. The molecule has 5 heteroatoms. The van der Waals surface area contributed by atoms with E-state index < -0.39 is 0 Å². The number of hydrogen-bond acceptors (Lipinski definition) is 1. The first-order chi connectivity index (χ1) is 41.1. The maximum atomic E-state index is 12.8. The third-order valence-corrected chi connectivity index (χ3v) is 17.6. The Morgan fingerprint density at radius 3 is 1.17 bits per heavy atom. The fourth-order valence-corrected chi connectivity index (χ4v) is 13.8. The van der Waals surface area contributed by atoms with Gasteiger partial charge in [0.05, 0.1) is 61.4 Å². The monoisotopic (exact) mass is 1060 g/mol. The lowest BCUT2D eigenvalue weighted by Crippen LogP contribution is -2.14. The SMILES string of the molecule is Cc1c2c3ccccc3n1-c1c(cc(-n3c4ccccc4c4ccccc43)c(-n3c4ccc(-c5ccccc5)cc4c4cc(-c5ccccc5)ccc43)c1C#N)-n1c3ccc(-c4ccccc4)cc3c3cc(-c4ccccc4)c(cc31)/C=C\2. The van der Waals surface area contributed by atoms with Crippen LogP contribution in [0.25, 0.3) is 156 Å². The van der Waals surface area contributed by atoms with Crippen molar-refractivity contribution in [1.82, 2.24) is 18.3 Å². The van der Waals surface area contributed by atoms with Crippen LogP contribution in [-0.2, 0) is 0 Å². The van der Waals surface area contributed by atoms with Gasteiger partial charge in [0.25, 0.3) is 0 Å². The summed E-state index contributed by atoms with van der Waals surface area (Å²) >= 11 is 0. The summed E-state index contributed by atoms with van der Waals surface area (Å²) in [6.45, 7) is 2.23. The Morgan fingerprint density at radius 1 is 0.289 bits per heavy atom. The third kappa shape index (κ3) is 6.94. The average Bonchev–Trinajstić information content (AvgIpc) is 1.85. The van der Waals surface area contributed by atoms with E-state index in [1.54, 1.807) is 0 Å². The molecule has 5 heterocycles. The second-order valence-electron chi connectivity index (χ2n) is 21.9. The molecule has 0 fully saturated rings. The normalized spacial score (nSPS) is 12.5. The summed E-state index contributed by atoms with van der Waals surface area (Å²) in [6.07, 6.45) is 4.61. The molecule has 0 N–H and O–H groups in total. The van der Waals surface area contributed by atoms with Crippen LogP contribution in [0, 0.1) is 18.3 Å². The summed E-state index contributed by atoms with van der Waals surface area (Å²) in [4.78, 5) is 0. The van der Waals surface area contributed by atoms with E-state index in [1.807, 2.05) is 0 Å². The Labute approximate surface area is 478 Å². The van der Waals surface area contributed by atoms with E-state index in [0.717, 1.165) is 160 Å². The zero-order valence-electron chi connectivity index (χ0n) is 45.3. The predicted octanol–water partition coefficient (Wildman–Crippen LogP) is 20.3. The van der Waals surface area contributed by atoms with Crippen LogP contribution in [0.15, 0.2) is 267 Å². The molecule has 0 saturated carbocycles. The van der Waals surface area contributed by atoms with Crippen molar-refractivity contribution in [2.24, 2.45) is 0 Å². The van der Waals surface area contributed by atoms with Crippen LogP contribution in [0.1, 0.15) is 22.4 Å². The predicted molar refractivity (Wildman–Crippen MR) is 346 cm³/mol. The first-order valence-corrected chi connectivity index (χ1v) is 28.4. The Hall–Kier alpha value is -11.2. The van der Waals surface area contributed by atoms with Crippen LogP contribution >= 0.6 is 0 Å². The number of hydrogen-bond donors (Lipinski definition) is 0. The Balaban J connectivity index is 1.10. The minimum Gasteiger partial charge on any atom is -0.310 e. The van der Waals surface area contributed by atoms with Gasteiger partial charge >= 0.3 is 0 Å². The van der Waals surface area contributed by atoms with E-state index >= 15 is 0 Å². The molecule has 0 spiro atoms. The second kappa shape index (κ2) is 18.2. The fraction of sp³-hybridized carbons (Fsp3) is 0.0128. The molecular formula is C78H49N5. The fourth-order valence-electron chi connectivity index (χ4n) is 13.8. The van der Waals surface area contributed by atoms with Crippen LogP contribution < -0.4 is 0 Å². The molecule has 0 radical (unpaired) electrons. The second-order valence-corrected chi connectivity index (χ2v) is 21.9. The molecule has 0 atom stereocenters. The first kappa shape index (κ1) is 46.7. The summed E-state index contributed by atoms with van der Waals surface area (Å²) in [5.74, 6) is 0. The Bertz CT molecular complexity index is 5280. The lowest BCUT2D eigenvalue weighted by atomic mass is 9.95. The zero-order chi connectivity index (χ0) is 54.9. The minimum atomic E-state index is 0.549. The lowest BCUT2D eigenvalue weighted by molar-refractivity contribution is 0.990. The van der Waals surface area contributed by atoms with E-state index in [9.17, 15) is 5.26 Å².